The molecule has 4 aromatic rings. The van der Waals surface area contributed by atoms with Gasteiger partial charge in [0.05, 0.1) is 11.1 Å². The first-order valence-electron chi connectivity index (χ1n) is 10.4. The number of benzene rings is 1. The first kappa shape index (κ1) is 19.1. The number of carbonyl (C=O) groups excluding carboxylic acids is 1. The van der Waals surface area contributed by atoms with Gasteiger partial charge in [0.1, 0.15) is 23.9 Å². The van der Waals surface area contributed by atoms with Gasteiger partial charge in [-0.25, -0.2) is 4.98 Å². The van der Waals surface area contributed by atoms with E-state index >= 15 is 0 Å². The van der Waals surface area contributed by atoms with Crippen LogP contribution in [0.3, 0.4) is 0 Å². The fourth-order valence-corrected chi connectivity index (χ4v) is 6.48. The Morgan fingerprint density at radius 2 is 2.00 bits per heavy atom. The molecule has 1 aliphatic carbocycles. The molecule has 0 saturated carbocycles. The molecule has 1 aliphatic heterocycles. The first-order chi connectivity index (χ1) is 15.2. The third-order valence-electron chi connectivity index (χ3n) is 5.79. The van der Waals surface area contributed by atoms with E-state index in [1.165, 1.54) is 35.0 Å². The number of rotatable bonds is 4. The summed E-state index contributed by atoms with van der Waals surface area (Å²) >= 11 is 3.18. The molecule has 31 heavy (non-hydrogen) atoms. The highest BCUT2D eigenvalue weighted by molar-refractivity contribution is 7.99. The maximum atomic E-state index is 12.8. The van der Waals surface area contributed by atoms with Gasteiger partial charge in [-0.3, -0.25) is 9.20 Å². The molecular formula is C22H20N4O3S2. The summed E-state index contributed by atoms with van der Waals surface area (Å²) in [5.74, 6) is 2.43. The molecule has 0 amide bonds. The number of hydrogen-bond acceptors (Lipinski definition) is 8. The molecule has 3 aromatic heterocycles. The number of thiophene rings is 1. The van der Waals surface area contributed by atoms with E-state index in [0.29, 0.717) is 35.4 Å². The van der Waals surface area contributed by atoms with Crippen LogP contribution < -0.4 is 9.47 Å². The number of Topliss-reactive ketones (excluding diaryl/α,β-unsaturated/α-hetero) is 1. The number of ketones is 1. The van der Waals surface area contributed by atoms with E-state index in [-0.39, 0.29) is 11.5 Å². The Balaban J connectivity index is 1.31. The lowest BCUT2D eigenvalue weighted by Gasteiger charge is -2.18. The van der Waals surface area contributed by atoms with Crippen molar-refractivity contribution in [3.8, 4) is 11.5 Å². The van der Waals surface area contributed by atoms with Crippen LogP contribution in [0.4, 0.5) is 0 Å². The van der Waals surface area contributed by atoms with E-state index in [1.807, 2.05) is 11.3 Å². The van der Waals surface area contributed by atoms with Crippen LogP contribution in [0.15, 0.2) is 23.4 Å². The second kappa shape index (κ2) is 7.49. The standard InChI is InChI=1S/C22H20N4O3S2/c1-12-23-21-19(14-4-2-3-5-18(14)31-21)20-24-25-22(26(12)20)30-11-15(27)13-6-7-16-17(10-13)29-9-8-28-16/h6-7,10H,2-5,8-9,11H2,1H3. The van der Waals surface area contributed by atoms with Crippen LogP contribution in [0.2, 0.25) is 0 Å². The topological polar surface area (TPSA) is 78.6 Å². The largest absolute Gasteiger partial charge is 0.486 e. The molecule has 6 rings (SSSR count). The summed E-state index contributed by atoms with van der Waals surface area (Å²) in [7, 11) is 0. The quantitative estimate of drug-likeness (QED) is 0.338. The second-order valence-electron chi connectivity index (χ2n) is 7.76. The van der Waals surface area contributed by atoms with Gasteiger partial charge in [-0.15, -0.1) is 21.5 Å². The molecule has 0 spiro atoms. The molecular weight excluding hydrogens is 432 g/mol. The van der Waals surface area contributed by atoms with E-state index < -0.39 is 0 Å². The molecule has 0 bridgehead atoms. The number of thioether (sulfide) groups is 1. The molecule has 0 radical (unpaired) electrons. The Bertz CT molecular complexity index is 1340. The number of fused-ring (bicyclic) bond motifs is 6. The van der Waals surface area contributed by atoms with E-state index in [9.17, 15) is 4.79 Å². The highest BCUT2D eigenvalue weighted by Crippen LogP contribution is 2.38. The van der Waals surface area contributed by atoms with E-state index in [2.05, 4.69) is 10.2 Å². The number of hydrogen-bond donors (Lipinski definition) is 0. The maximum absolute atomic E-state index is 12.8. The highest BCUT2D eigenvalue weighted by Gasteiger charge is 2.23. The SMILES string of the molecule is Cc1nc2sc3c(c2c2nnc(SCC(=O)c4ccc5c(c4)OCCO5)n12)CCCC3. The molecule has 1 aromatic carbocycles. The number of nitrogens with zero attached hydrogens (tertiary/aromatic N) is 4. The zero-order valence-corrected chi connectivity index (χ0v) is 18.6. The fraction of sp³-hybridized carbons (Fsp3) is 0.364. The van der Waals surface area contributed by atoms with Gasteiger partial charge in [-0.05, 0) is 56.4 Å². The van der Waals surface area contributed by atoms with Crippen molar-refractivity contribution < 1.29 is 14.3 Å². The van der Waals surface area contributed by atoms with Crippen molar-refractivity contribution in [2.24, 2.45) is 0 Å². The highest BCUT2D eigenvalue weighted by atomic mass is 32.2. The van der Waals surface area contributed by atoms with Crippen LogP contribution in [0.25, 0.3) is 15.9 Å². The Morgan fingerprint density at radius 3 is 2.90 bits per heavy atom. The molecule has 158 valence electrons. The van der Waals surface area contributed by atoms with Gasteiger partial charge >= 0.3 is 0 Å². The minimum atomic E-state index is 0.0123. The Kier molecular flexibility index (Phi) is 4.61. The number of ether oxygens (including phenoxy) is 2. The molecule has 0 N–H and O–H groups in total. The summed E-state index contributed by atoms with van der Waals surface area (Å²) in [4.78, 5) is 20.2. The van der Waals surface area contributed by atoms with Crippen molar-refractivity contribution in [2.45, 2.75) is 37.8 Å². The Hall–Kier alpha value is -2.65. The zero-order chi connectivity index (χ0) is 20.9. The Morgan fingerprint density at radius 1 is 1.16 bits per heavy atom. The van der Waals surface area contributed by atoms with Crippen LogP contribution in [-0.2, 0) is 12.8 Å². The Labute approximate surface area is 186 Å². The average Bonchev–Trinajstić information content (AvgIpc) is 3.38. The minimum absolute atomic E-state index is 0.0123. The first-order valence-corrected chi connectivity index (χ1v) is 12.2. The van der Waals surface area contributed by atoms with Crippen LogP contribution in [0, 0.1) is 6.92 Å². The predicted octanol–water partition coefficient (Wildman–Crippen LogP) is 4.27. The molecule has 2 aliphatic rings. The number of carbonyl (C=O) groups is 1. The molecule has 0 fully saturated rings. The lowest BCUT2D eigenvalue weighted by atomic mass is 9.97. The van der Waals surface area contributed by atoms with Crippen molar-refractivity contribution in [2.75, 3.05) is 19.0 Å². The second-order valence-corrected chi connectivity index (χ2v) is 9.79. The molecule has 7 nitrogen and oxygen atoms in total. The summed E-state index contributed by atoms with van der Waals surface area (Å²) in [5.41, 5.74) is 2.85. The lowest BCUT2D eigenvalue weighted by Crippen LogP contribution is -2.16. The van der Waals surface area contributed by atoms with Crippen molar-refractivity contribution in [1.29, 1.82) is 0 Å². The molecule has 4 heterocycles. The molecule has 9 heteroatoms. The number of aryl methyl sites for hydroxylation is 3. The minimum Gasteiger partial charge on any atom is -0.486 e. The van der Waals surface area contributed by atoms with Crippen molar-refractivity contribution >= 4 is 44.7 Å². The third kappa shape index (κ3) is 3.18. The molecule has 0 atom stereocenters. The third-order valence-corrected chi connectivity index (χ3v) is 7.91. The van der Waals surface area contributed by atoms with E-state index in [4.69, 9.17) is 14.5 Å². The van der Waals surface area contributed by atoms with Crippen molar-refractivity contribution in [3.63, 3.8) is 0 Å². The molecule has 0 saturated heterocycles. The number of aromatic nitrogens is 4. The van der Waals surface area contributed by atoms with Gasteiger partial charge in [0.15, 0.2) is 28.1 Å². The van der Waals surface area contributed by atoms with Crippen molar-refractivity contribution in [1.82, 2.24) is 19.6 Å². The maximum Gasteiger partial charge on any atom is 0.197 e. The normalized spacial score (nSPS) is 15.4. The van der Waals surface area contributed by atoms with E-state index in [1.54, 1.807) is 29.5 Å². The predicted molar refractivity (Wildman–Crippen MR) is 120 cm³/mol. The van der Waals surface area contributed by atoms with Gasteiger partial charge in [0, 0.05) is 10.4 Å². The van der Waals surface area contributed by atoms with Crippen LogP contribution >= 0.6 is 23.1 Å². The van der Waals surface area contributed by atoms with Gasteiger partial charge in [0.2, 0.25) is 0 Å². The summed E-state index contributed by atoms with van der Waals surface area (Å²) in [5, 5.41) is 10.8. The van der Waals surface area contributed by atoms with Gasteiger partial charge in [-0.2, -0.15) is 0 Å². The van der Waals surface area contributed by atoms with Gasteiger partial charge in [0.25, 0.3) is 0 Å². The van der Waals surface area contributed by atoms with Crippen LogP contribution in [0.1, 0.15) is 39.5 Å². The van der Waals surface area contributed by atoms with Crippen molar-refractivity contribution in [3.05, 3.63) is 40.0 Å². The lowest BCUT2D eigenvalue weighted by molar-refractivity contribution is 0.102. The molecule has 0 unspecified atom stereocenters. The van der Waals surface area contributed by atoms with E-state index in [0.717, 1.165) is 34.5 Å². The summed E-state index contributed by atoms with van der Waals surface area (Å²) < 4.78 is 13.1. The summed E-state index contributed by atoms with van der Waals surface area (Å²) in [6.07, 6.45) is 4.65. The van der Waals surface area contributed by atoms with Crippen LogP contribution in [0.5, 0.6) is 11.5 Å². The van der Waals surface area contributed by atoms with Gasteiger partial charge < -0.3 is 9.47 Å². The fourth-order valence-electron chi connectivity index (χ4n) is 4.31. The monoisotopic (exact) mass is 452 g/mol. The van der Waals surface area contributed by atoms with Gasteiger partial charge in [-0.1, -0.05) is 11.8 Å². The summed E-state index contributed by atoms with van der Waals surface area (Å²) in [6, 6.07) is 5.34. The average molecular weight is 453 g/mol. The zero-order valence-electron chi connectivity index (χ0n) is 17.0. The van der Waals surface area contributed by atoms with Crippen LogP contribution in [-0.4, -0.2) is 44.3 Å². The smallest absolute Gasteiger partial charge is 0.197 e. The summed E-state index contributed by atoms with van der Waals surface area (Å²) in [6.45, 7) is 3.00.